The van der Waals surface area contributed by atoms with Gasteiger partial charge in [0, 0.05) is 38.4 Å². The van der Waals surface area contributed by atoms with Crippen molar-refractivity contribution in [2.24, 2.45) is 0 Å². The summed E-state index contributed by atoms with van der Waals surface area (Å²) < 4.78 is 23.7. The van der Waals surface area contributed by atoms with E-state index in [1.165, 1.54) is 17.7 Å². The third-order valence-electron chi connectivity index (χ3n) is 4.73. The lowest BCUT2D eigenvalue weighted by Crippen LogP contribution is -2.47. The molecule has 1 fully saturated rings. The van der Waals surface area contributed by atoms with Gasteiger partial charge in [0.15, 0.2) is 11.5 Å². The van der Waals surface area contributed by atoms with Crippen molar-refractivity contribution in [3.05, 3.63) is 53.8 Å². The molecular weight excluding hydrogens is 319 g/mol. The van der Waals surface area contributed by atoms with Crippen LogP contribution in [0.1, 0.15) is 5.56 Å². The molecule has 1 aliphatic rings. The highest BCUT2D eigenvalue weighted by atomic mass is 19.1. The number of hydrogen-bond donors (Lipinski definition) is 0. The minimum atomic E-state index is -0.183. The maximum atomic E-state index is 13.0. The molecule has 0 aromatic heterocycles. The normalized spacial score (nSPS) is 15.2. The molecule has 0 amide bonds. The second kappa shape index (κ2) is 8.21. The number of nitrogens with zero attached hydrogens (tertiary/aromatic N) is 2. The largest absolute Gasteiger partial charge is 0.493 e. The molecule has 0 bridgehead atoms. The molecule has 1 saturated heterocycles. The summed E-state index contributed by atoms with van der Waals surface area (Å²) >= 11 is 0. The predicted molar refractivity (Wildman–Crippen MR) is 98.3 cm³/mol. The zero-order valence-corrected chi connectivity index (χ0v) is 14.9. The Labute approximate surface area is 148 Å². The van der Waals surface area contributed by atoms with Crippen LogP contribution in [0.25, 0.3) is 0 Å². The Morgan fingerprint density at radius 2 is 1.56 bits per heavy atom. The summed E-state index contributed by atoms with van der Waals surface area (Å²) in [6.45, 7) is 5.00. The van der Waals surface area contributed by atoms with Crippen LogP contribution in [0.5, 0.6) is 11.5 Å². The van der Waals surface area contributed by atoms with Crippen molar-refractivity contribution in [3.63, 3.8) is 0 Å². The van der Waals surface area contributed by atoms with Crippen molar-refractivity contribution in [2.75, 3.05) is 51.8 Å². The van der Waals surface area contributed by atoms with Crippen molar-refractivity contribution >= 4 is 5.69 Å². The van der Waals surface area contributed by atoms with Crippen LogP contribution in [-0.2, 0) is 6.42 Å². The molecule has 0 spiro atoms. The Hall–Kier alpha value is -2.27. The smallest absolute Gasteiger partial charge is 0.160 e. The van der Waals surface area contributed by atoms with Crippen LogP contribution in [0.2, 0.25) is 0 Å². The summed E-state index contributed by atoms with van der Waals surface area (Å²) in [4.78, 5) is 4.78. The molecule has 1 aliphatic heterocycles. The van der Waals surface area contributed by atoms with E-state index in [-0.39, 0.29) is 5.82 Å². The van der Waals surface area contributed by atoms with Crippen molar-refractivity contribution in [1.29, 1.82) is 0 Å². The molecule has 0 unspecified atom stereocenters. The van der Waals surface area contributed by atoms with Gasteiger partial charge in [0.05, 0.1) is 14.2 Å². The highest BCUT2D eigenvalue weighted by molar-refractivity contribution is 5.46. The topological polar surface area (TPSA) is 24.9 Å². The van der Waals surface area contributed by atoms with Gasteiger partial charge in [-0.1, -0.05) is 6.07 Å². The maximum absolute atomic E-state index is 13.0. The van der Waals surface area contributed by atoms with E-state index in [1.807, 2.05) is 24.3 Å². The molecule has 0 radical (unpaired) electrons. The molecule has 0 saturated carbocycles. The molecule has 4 nitrogen and oxygen atoms in total. The molecule has 2 aromatic carbocycles. The van der Waals surface area contributed by atoms with Crippen LogP contribution in [0.3, 0.4) is 0 Å². The lowest BCUT2D eigenvalue weighted by Gasteiger charge is -2.36. The van der Waals surface area contributed by atoms with Crippen LogP contribution in [0.4, 0.5) is 10.1 Å². The van der Waals surface area contributed by atoms with E-state index in [0.29, 0.717) is 0 Å². The van der Waals surface area contributed by atoms with Crippen LogP contribution in [-0.4, -0.2) is 51.8 Å². The minimum absolute atomic E-state index is 0.183. The monoisotopic (exact) mass is 344 g/mol. The highest BCUT2D eigenvalue weighted by Crippen LogP contribution is 2.27. The van der Waals surface area contributed by atoms with Gasteiger partial charge >= 0.3 is 0 Å². The molecule has 2 aromatic rings. The van der Waals surface area contributed by atoms with Crippen molar-refractivity contribution < 1.29 is 13.9 Å². The number of halogens is 1. The van der Waals surface area contributed by atoms with E-state index < -0.39 is 0 Å². The third-order valence-corrected chi connectivity index (χ3v) is 4.73. The fourth-order valence-corrected chi connectivity index (χ4v) is 3.20. The molecular formula is C20H25FN2O2. The van der Waals surface area contributed by atoms with Gasteiger partial charge in [-0.15, -0.1) is 0 Å². The van der Waals surface area contributed by atoms with Gasteiger partial charge in [-0.25, -0.2) is 4.39 Å². The van der Waals surface area contributed by atoms with Crippen molar-refractivity contribution in [2.45, 2.75) is 6.42 Å². The van der Waals surface area contributed by atoms with Crippen LogP contribution in [0.15, 0.2) is 42.5 Å². The Morgan fingerprint density at radius 1 is 0.880 bits per heavy atom. The van der Waals surface area contributed by atoms with Gasteiger partial charge in [-0.2, -0.15) is 0 Å². The molecule has 134 valence electrons. The SMILES string of the molecule is COc1ccc(CCN2CCN(c3ccc(F)cc3)CC2)cc1OC. The van der Waals surface area contributed by atoms with E-state index >= 15 is 0 Å². The maximum Gasteiger partial charge on any atom is 0.160 e. The van der Waals surface area contributed by atoms with Gasteiger partial charge in [0.2, 0.25) is 0 Å². The minimum Gasteiger partial charge on any atom is -0.493 e. The third kappa shape index (κ3) is 4.42. The van der Waals surface area contributed by atoms with Gasteiger partial charge in [-0.3, -0.25) is 4.90 Å². The van der Waals surface area contributed by atoms with E-state index in [9.17, 15) is 4.39 Å². The Kier molecular flexibility index (Phi) is 5.76. The molecule has 3 rings (SSSR count). The lowest BCUT2D eigenvalue weighted by atomic mass is 10.1. The Balaban J connectivity index is 1.50. The second-order valence-corrected chi connectivity index (χ2v) is 6.24. The van der Waals surface area contributed by atoms with E-state index in [2.05, 4.69) is 15.9 Å². The fraction of sp³-hybridized carbons (Fsp3) is 0.400. The molecule has 25 heavy (non-hydrogen) atoms. The average Bonchev–Trinajstić information content (AvgIpc) is 2.67. The molecule has 0 N–H and O–H groups in total. The Bertz CT molecular complexity index is 683. The first-order chi connectivity index (χ1) is 12.2. The number of ether oxygens (including phenoxy) is 2. The predicted octanol–water partition coefficient (Wildman–Crippen LogP) is 3.21. The van der Waals surface area contributed by atoms with Gasteiger partial charge in [0.25, 0.3) is 0 Å². The highest BCUT2D eigenvalue weighted by Gasteiger charge is 2.17. The van der Waals surface area contributed by atoms with Crippen LogP contribution < -0.4 is 14.4 Å². The summed E-state index contributed by atoms with van der Waals surface area (Å²) in [6, 6.07) is 12.9. The summed E-state index contributed by atoms with van der Waals surface area (Å²) in [5.74, 6) is 1.36. The summed E-state index contributed by atoms with van der Waals surface area (Å²) in [5, 5.41) is 0. The quantitative estimate of drug-likeness (QED) is 0.803. The summed E-state index contributed by atoms with van der Waals surface area (Å²) in [7, 11) is 3.31. The number of hydrogen-bond acceptors (Lipinski definition) is 4. The first-order valence-electron chi connectivity index (χ1n) is 8.63. The number of rotatable bonds is 6. The Morgan fingerprint density at radius 3 is 2.20 bits per heavy atom. The van der Waals surface area contributed by atoms with Gasteiger partial charge in [0.1, 0.15) is 5.82 Å². The lowest BCUT2D eigenvalue weighted by molar-refractivity contribution is 0.261. The number of anilines is 1. The summed E-state index contributed by atoms with van der Waals surface area (Å²) in [5.41, 5.74) is 2.35. The number of methoxy groups -OCH3 is 2. The van der Waals surface area contributed by atoms with E-state index in [0.717, 1.165) is 56.3 Å². The zero-order valence-electron chi connectivity index (χ0n) is 14.9. The molecule has 1 heterocycles. The van der Waals surface area contributed by atoms with Crippen LogP contribution in [0, 0.1) is 5.82 Å². The first kappa shape index (κ1) is 17.5. The van der Waals surface area contributed by atoms with Crippen molar-refractivity contribution in [1.82, 2.24) is 4.90 Å². The number of piperazine rings is 1. The standard InChI is InChI=1S/C20H25FN2O2/c1-24-19-8-3-16(15-20(19)25-2)9-10-22-11-13-23(14-12-22)18-6-4-17(21)5-7-18/h3-8,15H,9-14H2,1-2H3. The average molecular weight is 344 g/mol. The molecule has 0 aliphatic carbocycles. The van der Waals surface area contributed by atoms with Gasteiger partial charge < -0.3 is 14.4 Å². The molecule has 5 heteroatoms. The first-order valence-corrected chi connectivity index (χ1v) is 8.63. The fourth-order valence-electron chi connectivity index (χ4n) is 3.20. The summed E-state index contributed by atoms with van der Waals surface area (Å²) in [6.07, 6.45) is 0.983. The van der Waals surface area contributed by atoms with Crippen molar-refractivity contribution in [3.8, 4) is 11.5 Å². The zero-order chi connectivity index (χ0) is 17.6. The van der Waals surface area contributed by atoms with E-state index in [1.54, 1.807) is 14.2 Å². The van der Waals surface area contributed by atoms with Gasteiger partial charge in [-0.05, 0) is 48.4 Å². The molecule has 0 atom stereocenters. The van der Waals surface area contributed by atoms with Crippen LogP contribution >= 0.6 is 0 Å². The number of benzene rings is 2. The second-order valence-electron chi connectivity index (χ2n) is 6.24. The van der Waals surface area contributed by atoms with E-state index in [4.69, 9.17) is 9.47 Å².